The molecule has 1 amide bonds. The maximum Gasteiger partial charge on any atom is 0.328 e. The number of rotatable bonds is 4. The average molecular weight is 436 g/mol. The van der Waals surface area contributed by atoms with Gasteiger partial charge < -0.3 is 20.8 Å². The van der Waals surface area contributed by atoms with Crippen LogP contribution in [0, 0.1) is 6.92 Å². The molecule has 1 atom stereocenters. The first kappa shape index (κ1) is 22.7. The number of hydrogen-bond donors (Lipinski definition) is 3. The zero-order chi connectivity index (χ0) is 23.3. The van der Waals surface area contributed by atoms with E-state index in [1.165, 1.54) is 0 Å². The molecule has 1 aliphatic heterocycles. The van der Waals surface area contributed by atoms with E-state index in [0.717, 1.165) is 35.5 Å². The van der Waals surface area contributed by atoms with Crippen molar-refractivity contribution in [1.82, 2.24) is 14.5 Å². The first-order valence-corrected chi connectivity index (χ1v) is 9.99. The second-order valence-corrected chi connectivity index (χ2v) is 7.34. The topological polar surface area (TPSA) is 139 Å². The number of hydrogen-bond acceptors (Lipinski definition) is 5. The Balaban J connectivity index is 0.000000312. The maximum atomic E-state index is 12.5. The molecule has 1 aromatic heterocycles. The van der Waals surface area contributed by atoms with Crippen LogP contribution in [0.5, 0.6) is 0 Å². The number of nitrogens with zero attached hydrogens (tertiary/aromatic N) is 3. The Morgan fingerprint density at radius 1 is 1.03 bits per heavy atom. The first-order valence-electron chi connectivity index (χ1n) is 9.99. The number of carboxylic acids is 2. The van der Waals surface area contributed by atoms with E-state index in [9.17, 15) is 14.4 Å². The molecule has 0 radical (unpaired) electrons. The van der Waals surface area contributed by atoms with Crippen molar-refractivity contribution >= 4 is 28.9 Å². The van der Waals surface area contributed by atoms with Crippen LogP contribution in [0.4, 0.5) is 0 Å². The maximum absolute atomic E-state index is 12.5. The summed E-state index contributed by atoms with van der Waals surface area (Å²) < 4.78 is 2.11. The highest BCUT2D eigenvalue weighted by Gasteiger charge is 2.24. The normalized spacial score (nSPS) is 15.6. The summed E-state index contributed by atoms with van der Waals surface area (Å²) in [5, 5.41) is 15.6. The van der Waals surface area contributed by atoms with Crippen LogP contribution in [0.3, 0.4) is 0 Å². The van der Waals surface area contributed by atoms with Gasteiger partial charge in [-0.25, -0.2) is 14.6 Å². The Kier molecular flexibility index (Phi) is 7.01. The van der Waals surface area contributed by atoms with Gasteiger partial charge in [-0.05, 0) is 49.7 Å². The predicted octanol–water partition coefficient (Wildman–Crippen LogP) is 2.22. The molecular weight excluding hydrogens is 412 g/mol. The molecule has 0 spiro atoms. The number of amides is 1. The van der Waals surface area contributed by atoms with E-state index in [-0.39, 0.29) is 11.9 Å². The van der Waals surface area contributed by atoms with Gasteiger partial charge in [0.2, 0.25) is 0 Å². The minimum atomic E-state index is -1.26. The smallest absolute Gasteiger partial charge is 0.328 e. The van der Waals surface area contributed by atoms with Crippen molar-refractivity contribution in [2.45, 2.75) is 19.4 Å². The number of carbonyl (C=O) groups is 3. The fraction of sp³-hybridized carbons (Fsp3) is 0.217. The highest BCUT2D eigenvalue weighted by molar-refractivity contribution is 5.94. The molecule has 1 fully saturated rings. The van der Waals surface area contributed by atoms with Crippen molar-refractivity contribution in [2.75, 3.05) is 13.1 Å². The number of carbonyl (C=O) groups excluding carboxylic acids is 1. The van der Waals surface area contributed by atoms with Gasteiger partial charge in [0.1, 0.15) is 5.82 Å². The Morgan fingerprint density at radius 3 is 2.22 bits per heavy atom. The number of fused-ring (bicyclic) bond motifs is 1. The van der Waals surface area contributed by atoms with Crippen LogP contribution >= 0.6 is 0 Å². The van der Waals surface area contributed by atoms with E-state index in [0.29, 0.717) is 24.3 Å². The molecule has 1 saturated heterocycles. The van der Waals surface area contributed by atoms with E-state index in [1.807, 2.05) is 54.3 Å². The molecule has 0 bridgehead atoms. The van der Waals surface area contributed by atoms with Crippen LogP contribution in [-0.2, 0) is 9.59 Å². The molecule has 4 N–H and O–H groups in total. The Hall–Kier alpha value is -3.98. The summed E-state index contributed by atoms with van der Waals surface area (Å²) in [6.07, 6.45) is 1.99. The fourth-order valence-corrected chi connectivity index (χ4v) is 3.52. The standard InChI is InChI=1S/C19H20N4O.C4H4O4/c1-13-21-17-4-2-3-5-18(17)23(13)16-8-6-14(7-9-16)19(24)22-11-10-15(20)12-22;5-3(6)1-2-4(7)8/h2-9,15H,10-12,20H2,1H3;1-2H,(H,5,6)(H,7,8)/b;2-1+/t15-;/m0./s1. The Bertz CT molecular complexity index is 1150. The lowest BCUT2D eigenvalue weighted by atomic mass is 10.1. The molecule has 1 aliphatic rings. The number of aliphatic carboxylic acids is 2. The summed E-state index contributed by atoms with van der Waals surface area (Å²) in [4.78, 5) is 38.1. The summed E-state index contributed by atoms with van der Waals surface area (Å²) in [6, 6.07) is 15.9. The number of carboxylic acid groups (broad SMARTS) is 2. The van der Waals surface area contributed by atoms with Crippen molar-refractivity contribution in [3.8, 4) is 5.69 Å². The lowest BCUT2D eigenvalue weighted by Gasteiger charge is -2.16. The second-order valence-electron chi connectivity index (χ2n) is 7.34. The number of nitrogens with two attached hydrogens (primary N) is 1. The number of likely N-dealkylation sites (tertiary alicyclic amines) is 1. The van der Waals surface area contributed by atoms with Gasteiger partial charge in [0.25, 0.3) is 5.91 Å². The Labute approximate surface area is 184 Å². The van der Waals surface area contributed by atoms with Crippen molar-refractivity contribution in [1.29, 1.82) is 0 Å². The van der Waals surface area contributed by atoms with Gasteiger partial charge in [-0.2, -0.15) is 0 Å². The van der Waals surface area contributed by atoms with Crippen molar-refractivity contribution in [2.24, 2.45) is 5.73 Å². The molecule has 0 unspecified atom stereocenters. The number of para-hydroxylation sites is 2. The van der Waals surface area contributed by atoms with E-state index >= 15 is 0 Å². The summed E-state index contributed by atoms with van der Waals surface area (Å²) >= 11 is 0. The minimum Gasteiger partial charge on any atom is -0.478 e. The van der Waals surface area contributed by atoms with E-state index < -0.39 is 11.9 Å². The van der Waals surface area contributed by atoms with Crippen LogP contribution < -0.4 is 5.73 Å². The van der Waals surface area contributed by atoms with Crippen LogP contribution in [0.1, 0.15) is 22.6 Å². The molecular formula is C23H24N4O5. The minimum absolute atomic E-state index is 0.0571. The quantitative estimate of drug-likeness (QED) is 0.533. The van der Waals surface area contributed by atoms with E-state index in [2.05, 4.69) is 15.6 Å². The third kappa shape index (κ3) is 5.38. The first-order chi connectivity index (χ1) is 15.3. The average Bonchev–Trinajstić information content (AvgIpc) is 3.34. The molecule has 32 heavy (non-hydrogen) atoms. The van der Waals surface area contributed by atoms with Crippen LogP contribution in [0.2, 0.25) is 0 Å². The van der Waals surface area contributed by atoms with Crippen molar-refractivity contribution < 1.29 is 24.6 Å². The van der Waals surface area contributed by atoms with Crippen LogP contribution in [0.15, 0.2) is 60.7 Å². The summed E-state index contributed by atoms with van der Waals surface area (Å²) in [5.41, 5.74) is 9.65. The molecule has 0 saturated carbocycles. The van der Waals surface area contributed by atoms with Crippen molar-refractivity contribution in [3.63, 3.8) is 0 Å². The lowest BCUT2D eigenvalue weighted by molar-refractivity contribution is -0.134. The van der Waals surface area contributed by atoms with Gasteiger partial charge in [-0.3, -0.25) is 9.36 Å². The number of aryl methyl sites for hydroxylation is 1. The third-order valence-corrected chi connectivity index (χ3v) is 4.98. The molecule has 9 nitrogen and oxygen atoms in total. The fourth-order valence-electron chi connectivity index (χ4n) is 3.52. The zero-order valence-corrected chi connectivity index (χ0v) is 17.5. The van der Waals surface area contributed by atoms with Gasteiger partial charge in [0, 0.05) is 42.5 Å². The second kappa shape index (κ2) is 9.88. The molecule has 4 rings (SSSR count). The molecule has 9 heteroatoms. The molecule has 3 aromatic rings. The largest absolute Gasteiger partial charge is 0.478 e. The highest BCUT2D eigenvalue weighted by atomic mass is 16.4. The predicted molar refractivity (Wildman–Crippen MR) is 119 cm³/mol. The molecule has 2 heterocycles. The van der Waals surface area contributed by atoms with Gasteiger partial charge in [0.05, 0.1) is 11.0 Å². The number of aromatic nitrogens is 2. The summed E-state index contributed by atoms with van der Waals surface area (Å²) in [6.45, 7) is 3.38. The van der Waals surface area contributed by atoms with Crippen molar-refractivity contribution in [3.05, 3.63) is 72.1 Å². The SMILES string of the molecule is Cc1nc2ccccc2n1-c1ccc(C(=O)N2CC[C@H](N)C2)cc1.O=C(O)/C=C/C(=O)O. The lowest BCUT2D eigenvalue weighted by Crippen LogP contribution is -2.31. The summed E-state index contributed by atoms with van der Waals surface area (Å²) in [7, 11) is 0. The third-order valence-electron chi connectivity index (χ3n) is 4.98. The number of imidazole rings is 1. The van der Waals surface area contributed by atoms with E-state index in [4.69, 9.17) is 15.9 Å². The Morgan fingerprint density at radius 2 is 1.66 bits per heavy atom. The monoisotopic (exact) mass is 436 g/mol. The van der Waals surface area contributed by atoms with Crippen LogP contribution in [-0.4, -0.2) is 61.6 Å². The van der Waals surface area contributed by atoms with Gasteiger partial charge in [0.15, 0.2) is 0 Å². The summed E-state index contributed by atoms with van der Waals surface area (Å²) in [5.74, 6) is -1.53. The van der Waals surface area contributed by atoms with Gasteiger partial charge >= 0.3 is 11.9 Å². The highest BCUT2D eigenvalue weighted by Crippen LogP contribution is 2.22. The zero-order valence-electron chi connectivity index (χ0n) is 17.5. The molecule has 0 aliphatic carbocycles. The van der Waals surface area contributed by atoms with E-state index in [1.54, 1.807) is 0 Å². The van der Waals surface area contributed by atoms with Gasteiger partial charge in [-0.15, -0.1) is 0 Å². The van der Waals surface area contributed by atoms with Gasteiger partial charge in [-0.1, -0.05) is 12.1 Å². The van der Waals surface area contributed by atoms with Crippen LogP contribution in [0.25, 0.3) is 16.7 Å². The number of benzene rings is 2. The molecule has 166 valence electrons. The molecule has 2 aromatic carbocycles.